The van der Waals surface area contributed by atoms with E-state index in [1.54, 1.807) is 34.1 Å². The van der Waals surface area contributed by atoms with Gasteiger partial charge >= 0.3 is 0 Å². The Morgan fingerprint density at radius 3 is 2.28 bits per heavy atom. The number of piperazine rings is 1. The summed E-state index contributed by atoms with van der Waals surface area (Å²) in [6.07, 6.45) is 6.39. The summed E-state index contributed by atoms with van der Waals surface area (Å²) in [6.45, 7) is 2.05. The number of benzene rings is 1. The monoisotopic (exact) mass is 360 g/mol. The van der Waals surface area contributed by atoms with Gasteiger partial charge in [0.05, 0.1) is 5.60 Å². The Morgan fingerprint density at radius 1 is 1.16 bits per heavy atom. The molecule has 2 fully saturated rings. The third kappa shape index (κ3) is 3.81. The van der Waals surface area contributed by atoms with Crippen molar-refractivity contribution in [2.75, 3.05) is 26.2 Å². The molecule has 1 heterocycles. The minimum absolute atomic E-state index is 0.0456. The van der Waals surface area contributed by atoms with Gasteiger partial charge in [0.2, 0.25) is 5.91 Å². The molecular formula is C19H21ClN2O3. The topological polar surface area (TPSA) is 60.9 Å². The van der Waals surface area contributed by atoms with Crippen LogP contribution in [0.4, 0.5) is 0 Å². The number of halogens is 1. The average Bonchev–Trinajstić information content (AvgIpc) is 2.59. The van der Waals surface area contributed by atoms with Gasteiger partial charge < -0.3 is 14.9 Å². The average molecular weight is 361 g/mol. The summed E-state index contributed by atoms with van der Waals surface area (Å²) in [6, 6.07) is 6.82. The van der Waals surface area contributed by atoms with Crippen molar-refractivity contribution < 1.29 is 14.7 Å². The third-order valence-electron chi connectivity index (χ3n) is 5.00. The Labute approximate surface area is 152 Å². The first-order valence-electron chi connectivity index (χ1n) is 8.41. The molecule has 0 spiro atoms. The molecule has 1 N–H and O–H groups in total. The second-order valence-corrected chi connectivity index (χ2v) is 7.27. The van der Waals surface area contributed by atoms with Gasteiger partial charge in [-0.25, -0.2) is 0 Å². The zero-order chi connectivity index (χ0) is 18.0. The molecule has 6 heteroatoms. The first-order chi connectivity index (χ1) is 11.9. The lowest BCUT2D eigenvalue weighted by molar-refractivity contribution is -0.152. The maximum Gasteiger partial charge on any atom is 0.253 e. The fourth-order valence-corrected chi connectivity index (χ4v) is 3.66. The number of carbonyl (C=O) groups excluding carboxylic acids is 2. The molecule has 2 aliphatic rings. The first kappa shape index (κ1) is 17.8. The highest BCUT2D eigenvalue weighted by atomic mass is 35.5. The maximum atomic E-state index is 12.5. The Bertz CT molecular complexity index is 696. The number of amides is 2. The molecule has 5 nitrogen and oxygen atoms in total. The lowest BCUT2D eigenvalue weighted by Crippen LogP contribution is -2.56. The van der Waals surface area contributed by atoms with E-state index in [1.165, 1.54) is 0 Å². The lowest BCUT2D eigenvalue weighted by Gasteiger charge is -2.45. The minimum Gasteiger partial charge on any atom is -0.389 e. The molecule has 1 saturated carbocycles. The Kier molecular flexibility index (Phi) is 5.03. The predicted octanol–water partition coefficient (Wildman–Crippen LogP) is 1.79. The van der Waals surface area contributed by atoms with Crippen LogP contribution < -0.4 is 0 Å². The second kappa shape index (κ2) is 7.07. The maximum absolute atomic E-state index is 12.5. The van der Waals surface area contributed by atoms with Crippen molar-refractivity contribution >= 4 is 23.4 Å². The van der Waals surface area contributed by atoms with Gasteiger partial charge in [0.15, 0.2) is 0 Å². The van der Waals surface area contributed by atoms with Gasteiger partial charge in [-0.15, -0.1) is 12.3 Å². The fraction of sp³-hybridized carbons (Fsp3) is 0.474. The van der Waals surface area contributed by atoms with Crippen LogP contribution in [0.1, 0.15) is 29.6 Å². The number of terminal acetylenes is 1. The highest BCUT2D eigenvalue weighted by Gasteiger charge is 2.47. The van der Waals surface area contributed by atoms with Crippen molar-refractivity contribution in [3.63, 3.8) is 0 Å². The minimum atomic E-state index is -0.874. The van der Waals surface area contributed by atoms with E-state index < -0.39 is 5.60 Å². The first-order valence-corrected chi connectivity index (χ1v) is 8.79. The van der Waals surface area contributed by atoms with Crippen molar-refractivity contribution in [2.24, 2.45) is 5.92 Å². The molecule has 0 atom stereocenters. The van der Waals surface area contributed by atoms with Crippen LogP contribution in [0.2, 0.25) is 5.02 Å². The summed E-state index contributed by atoms with van der Waals surface area (Å²) in [7, 11) is 0. The quantitative estimate of drug-likeness (QED) is 0.836. The summed E-state index contributed by atoms with van der Waals surface area (Å²) < 4.78 is 0. The van der Waals surface area contributed by atoms with E-state index in [-0.39, 0.29) is 17.7 Å². The van der Waals surface area contributed by atoms with E-state index in [0.717, 1.165) is 0 Å². The molecule has 1 aromatic carbocycles. The van der Waals surface area contributed by atoms with E-state index in [1.807, 2.05) is 0 Å². The number of carbonyl (C=O) groups is 2. The molecular weight excluding hydrogens is 340 g/mol. The molecule has 1 aliphatic carbocycles. The summed E-state index contributed by atoms with van der Waals surface area (Å²) in [4.78, 5) is 28.5. The van der Waals surface area contributed by atoms with E-state index in [9.17, 15) is 14.7 Å². The van der Waals surface area contributed by atoms with Gasteiger partial charge in [-0.2, -0.15) is 0 Å². The second-order valence-electron chi connectivity index (χ2n) is 6.83. The van der Waals surface area contributed by atoms with Gasteiger partial charge in [-0.1, -0.05) is 11.6 Å². The predicted molar refractivity (Wildman–Crippen MR) is 95.1 cm³/mol. The molecule has 0 unspecified atom stereocenters. The standard InChI is InChI=1S/C19H21ClN2O3/c1-2-7-19(25)12-15(13-19)18(24)22-10-8-21(9-11-22)17(23)14-3-5-16(20)6-4-14/h1,3-6,15,25H,7-13H2. The highest BCUT2D eigenvalue weighted by Crippen LogP contribution is 2.41. The number of nitrogens with zero attached hydrogens (tertiary/aromatic N) is 2. The number of hydrogen-bond donors (Lipinski definition) is 1. The van der Waals surface area contributed by atoms with Crippen LogP contribution in [0.15, 0.2) is 24.3 Å². The molecule has 1 aromatic rings. The van der Waals surface area contributed by atoms with Crippen molar-refractivity contribution in [1.29, 1.82) is 0 Å². The summed E-state index contributed by atoms with van der Waals surface area (Å²) in [5, 5.41) is 10.7. The SMILES string of the molecule is C#CCC1(O)CC(C(=O)N2CCN(C(=O)c3ccc(Cl)cc3)CC2)C1. The van der Waals surface area contributed by atoms with Gasteiger partial charge in [0.25, 0.3) is 5.91 Å². The Morgan fingerprint density at radius 2 is 1.72 bits per heavy atom. The molecule has 25 heavy (non-hydrogen) atoms. The third-order valence-corrected chi connectivity index (χ3v) is 5.25. The largest absolute Gasteiger partial charge is 0.389 e. The smallest absolute Gasteiger partial charge is 0.253 e. The molecule has 1 saturated heterocycles. The summed E-state index contributed by atoms with van der Waals surface area (Å²) in [5.74, 6) is 2.31. The van der Waals surface area contributed by atoms with Crippen molar-refractivity contribution in [1.82, 2.24) is 9.80 Å². The van der Waals surface area contributed by atoms with Gasteiger partial charge in [0, 0.05) is 49.1 Å². The summed E-state index contributed by atoms with van der Waals surface area (Å²) in [5.41, 5.74) is -0.274. The molecule has 0 radical (unpaired) electrons. The van der Waals surface area contributed by atoms with Crippen LogP contribution in [0.25, 0.3) is 0 Å². The molecule has 1 aliphatic heterocycles. The van der Waals surface area contributed by atoms with E-state index in [2.05, 4.69) is 5.92 Å². The van der Waals surface area contributed by atoms with E-state index in [4.69, 9.17) is 18.0 Å². The van der Waals surface area contributed by atoms with Gasteiger partial charge in [-0.3, -0.25) is 9.59 Å². The lowest BCUT2D eigenvalue weighted by atomic mass is 9.68. The van der Waals surface area contributed by atoms with E-state index >= 15 is 0 Å². The van der Waals surface area contributed by atoms with Gasteiger partial charge in [0.1, 0.15) is 0 Å². The summed E-state index contributed by atoms with van der Waals surface area (Å²) >= 11 is 5.85. The molecule has 2 amide bonds. The van der Waals surface area contributed by atoms with Crippen LogP contribution in [0, 0.1) is 18.3 Å². The van der Waals surface area contributed by atoms with Crippen molar-refractivity contribution in [3.8, 4) is 12.3 Å². The van der Waals surface area contributed by atoms with Gasteiger partial charge in [-0.05, 0) is 37.1 Å². The van der Waals surface area contributed by atoms with Crippen LogP contribution in [-0.2, 0) is 4.79 Å². The van der Waals surface area contributed by atoms with Crippen molar-refractivity contribution in [3.05, 3.63) is 34.9 Å². The van der Waals surface area contributed by atoms with E-state index in [0.29, 0.717) is 56.0 Å². The molecule has 0 aromatic heterocycles. The van der Waals surface area contributed by atoms with Crippen LogP contribution in [0.5, 0.6) is 0 Å². The highest BCUT2D eigenvalue weighted by molar-refractivity contribution is 6.30. The molecule has 3 rings (SSSR count). The number of aliphatic hydroxyl groups is 1. The molecule has 0 bridgehead atoms. The fourth-order valence-electron chi connectivity index (χ4n) is 3.53. The zero-order valence-corrected chi connectivity index (χ0v) is 14.7. The van der Waals surface area contributed by atoms with Crippen LogP contribution in [-0.4, -0.2) is 58.5 Å². The number of rotatable bonds is 3. The van der Waals surface area contributed by atoms with Crippen LogP contribution in [0.3, 0.4) is 0 Å². The normalized spacial score (nSPS) is 25.9. The Balaban J connectivity index is 1.50. The zero-order valence-electron chi connectivity index (χ0n) is 13.9. The van der Waals surface area contributed by atoms with Crippen molar-refractivity contribution in [2.45, 2.75) is 24.9 Å². The number of hydrogen-bond acceptors (Lipinski definition) is 3. The molecule has 132 valence electrons. The van der Waals surface area contributed by atoms with Crippen LogP contribution >= 0.6 is 11.6 Å². The Hall–Kier alpha value is -2.03.